The van der Waals surface area contributed by atoms with Gasteiger partial charge < -0.3 is 0 Å². The fraction of sp³-hybridized carbons (Fsp3) is 0.400. The summed E-state index contributed by atoms with van der Waals surface area (Å²) < 4.78 is 2.48. The van der Waals surface area contributed by atoms with E-state index >= 15 is 0 Å². The van der Waals surface area contributed by atoms with Crippen LogP contribution >= 0.6 is 27.5 Å². The second kappa shape index (κ2) is 2.71. The van der Waals surface area contributed by atoms with E-state index in [-0.39, 0.29) is 0 Å². The van der Waals surface area contributed by atoms with Gasteiger partial charge in [-0.25, -0.2) is 0 Å². The van der Waals surface area contributed by atoms with Crippen LogP contribution in [0.25, 0.3) is 0 Å². The van der Waals surface area contributed by atoms with Crippen molar-refractivity contribution < 1.29 is 0 Å². The summed E-state index contributed by atoms with van der Waals surface area (Å²) in [5.74, 6) is 0. The van der Waals surface area contributed by atoms with Gasteiger partial charge in [-0.3, -0.25) is 4.68 Å². The highest BCUT2D eigenvalue weighted by Gasteiger charge is 1.99. The number of nitrogens with zero attached hydrogens (tertiary/aromatic N) is 2. The van der Waals surface area contributed by atoms with Crippen LogP contribution in [0.3, 0.4) is 0 Å². The fourth-order valence-corrected chi connectivity index (χ4v) is 0.992. The molecule has 4 heteroatoms. The molecular formula is C5H6BrClN2. The molecule has 0 atom stereocenters. The number of hydrogen-bond acceptors (Lipinski definition) is 1. The molecule has 0 aromatic carbocycles. The van der Waals surface area contributed by atoms with E-state index in [0.717, 1.165) is 6.54 Å². The summed E-state index contributed by atoms with van der Waals surface area (Å²) in [5, 5.41) is 4.69. The first-order valence-corrected chi connectivity index (χ1v) is 3.79. The largest absolute Gasteiger partial charge is 0.270 e. The maximum absolute atomic E-state index is 5.68. The molecule has 0 aliphatic rings. The van der Waals surface area contributed by atoms with Crippen molar-refractivity contribution >= 4 is 27.5 Å². The van der Waals surface area contributed by atoms with Crippen molar-refractivity contribution in [2.45, 2.75) is 13.5 Å². The van der Waals surface area contributed by atoms with E-state index in [1.54, 1.807) is 10.9 Å². The van der Waals surface area contributed by atoms with Crippen LogP contribution in [0, 0.1) is 0 Å². The van der Waals surface area contributed by atoms with Crippen LogP contribution in [-0.2, 0) is 6.54 Å². The zero-order chi connectivity index (χ0) is 6.85. The van der Waals surface area contributed by atoms with Gasteiger partial charge in [0.05, 0.1) is 5.02 Å². The molecule has 0 bridgehead atoms. The summed E-state index contributed by atoms with van der Waals surface area (Å²) in [7, 11) is 0. The first-order valence-electron chi connectivity index (χ1n) is 2.62. The van der Waals surface area contributed by atoms with E-state index < -0.39 is 0 Å². The molecule has 1 aromatic rings. The van der Waals surface area contributed by atoms with Gasteiger partial charge in [0.25, 0.3) is 0 Å². The van der Waals surface area contributed by atoms with Crippen molar-refractivity contribution in [2.24, 2.45) is 0 Å². The van der Waals surface area contributed by atoms with Gasteiger partial charge in [-0.15, -0.1) is 0 Å². The monoisotopic (exact) mass is 208 g/mol. The topological polar surface area (TPSA) is 17.8 Å². The SMILES string of the molecule is CCn1cc(Cl)c(Br)n1. The highest BCUT2D eigenvalue weighted by Crippen LogP contribution is 2.18. The Morgan fingerprint density at radius 3 is 2.78 bits per heavy atom. The Morgan fingerprint density at radius 2 is 2.56 bits per heavy atom. The van der Waals surface area contributed by atoms with Crippen molar-refractivity contribution in [1.82, 2.24) is 9.78 Å². The van der Waals surface area contributed by atoms with Crippen LogP contribution in [0.4, 0.5) is 0 Å². The standard InChI is InChI=1S/C5H6BrClN2/c1-2-9-3-4(7)5(6)8-9/h3H,2H2,1H3. The summed E-state index contributed by atoms with van der Waals surface area (Å²) in [6, 6.07) is 0. The van der Waals surface area contributed by atoms with Crippen LogP contribution in [0.2, 0.25) is 5.02 Å². The average Bonchev–Trinajstić information content (AvgIpc) is 2.13. The van der Waals surface area contributed by atoms with E-state index in [1.165, 1.54) is 0 Å². The van der Waals surface area contributed by atoms with Crippen LogP contribution in [0.1, 0.15) is 6.92 Å². The Balaban J connectivity index is 2.98. The minimum absolute atomic E-state index is 0.664. The minimum Gasteiger partial charge on any atom is -0.270 e. The number of aromatic nitrogens is 2. The molecule has 50 valence electrons. The number of hydrogen-bond donors (Lipinski definition) is 0. The molecule has 1 heterocycles. The van der Waals surface area contributed by atoms with Crippen molar-refractivity contribution in [2.75, 3.05) is 0 Å². The Kier molecular flexibility index (Phi) is 2.13. The molecule has 0 saturated carbocycles. The van der Waals surface area contributed by atoms with Crippen molar-refractivity contribution in [3.8, 4) is 0 Å². The second-order valence-corrected chi connectivity index (χ2v) is 2.78. The smallest absolute Gasteiger partial charge is 0.146 e. The lowest BCUT2D eigenvalue weighted by molar-refractivity contribution is 0.655. The van der Waals surface area contributed by atoms with Gasteiger partial charge in [-0.2, -0.15) is 5.10 Å². The Labute approximate surface area is 66.9 Å². The maximum atomic E-state index is 5.68. The van der Waals surface area contributed by atoms with Gasteiger partial charge in [0.15, 0.2) is 0 Å². The summed E-state index contributed by atoms with van der Waals surface area (Å²) in [6.07, 6.45) is 1.78. The lowest BCUT2D eigenvalue weighted by Crippen LogP contribution is -1.92. The average molecular weight is 209 g/mol. The zero-order valence-electron chi connectivity index (χ0n) is 4.93. The van der Waals surface area contributed by atoms with Crippen LogP contribution in [-0.4, -0.2) is 9.78 Å². The Hall–Kier alpha value is -0.0200. The van der Waals surface area contributed by atoms with Gasteiger partial charge in [0.1, 0.15) is 4.60 Å². The first kappa shape index (κ1) is 7.09. The molecule has 9 heavy (non-hydrogen) atoms. The second-order valence-electron chi connectivity index (χ2n) is 1.62. The number of halogens is 2. The van der Waals surface area contributed by atoms with E-state index in [4.69, 9.17) is 11.6 Å². The molecule has 1 rings (SSSR count). The summed E-state index contributed by atoms with van der Waals surface area (Å²) >= 11 is 8.87. The molecule has 0 aliphatic heterocycles. The van der Waals surface area contributed by atoms with E-state index in [2.05, 4.69) is 21.0 Å². The van der Waals surface area contributed by atoms with E-state index in [1.807, 2.05) is 6.92 Å². The van der Waals surface area contributed by atoms with Crippen molar-refractivity contribution in [1.29, 1.82) is 0 Å². The molecule has 0 aliphatic carbocycles. The maximum Gasteiger partial charge on any atom is 0.146 e. The molecule has 0 saturated heterocycles. The van der Waals surface area contributed by atoms with Gasteiger partial charge in [-0.05, 0) is 22.9 Å². The molecule has 0 amide bonds. The van der Waals surface area contributed by atoms with E-state index in [0.29, 0.717) is 9.63 Å². The predicted octanol–water partition coefficient (Wildman–Crippen LogP) is 2.32. The van der Waals surface area contributed by atoms with Crippen molar-refractivity contribution in [3.63, 3.8) is 0 Å². The van der Waals surface area contributed by atoms with Gasteiger partial charge in [0.2, 0.25) is 0 Å². The third kappa shape index (κ3) is 1.46. The lowest BCUT2D eigenvalue weighted by atomic mass is 10.7. The molecule has 0 radical (unpaired) electrons. The highest BCUT2D eigenvalue weighted by atomic mass is 79.9. The predicted molar refractivity (Wildman–Crippen MR) is 40.6 cm³/mol. The normalized spacial score (nSPS) is 10.1. The minimum atomic E-state index is 0.664. The quantitative estimate of drug-likeness (QED) is 0.694. The molecule has 0 N–H and O–H groups in total. The van der Waals surface area contributed by atoms with Gasteiger partial charge in [0, 0.05) is 12.7 Å². The number of aryl methyl sites for hydroxylation is 1. The van der Waals surface area contributed by atoms with Gasteiger partial charge >= 0.3 is 0 Å². The lowest BCUT2D eigenvalue weighted by Gasteiger charge is -1.88. The molecule has 0 spiro atoms. The van der Waals surface area contributed by atoms with Crippen LogP contribution < -0.4 is 0 Å². The summed E-state index contributed by atoms with van der Waals surface area (Å²) in [6.45, 7) is 2.86. The number of rotatable bonds is 1. The molecule has 0 fully saturated rings. The molecule has 1 aromatic heterocycles. The fourth-order valence-electron chi connectivity index (χ4n) is 0.536. The Morgan fingerprint density at radius 1 is 1.89 bits per heavy atom. The zero-order valence-corrected chi connectivity index (χ0v) is 7.28. The van der Waals surface area contributed by atoms with Crippen LogP contribution in [0.15, 0.2) is 10.8 Å². The summed E-state index contributed by atoms with van der Waals surface area (Å²) in [4.78, 5) is 0. The van der Waals surface area contributed by atoms with Crippen LogP contribution in [0.5, 0.6) is 0 Å². The summed E-state index contributed by atoms with van der Waals surface area (Å²) in [5.41, 5.74) is 0. The molecule has 2 nitrogen and oxygen atoms in total. The third-order valence-electron chi connectivity index (χ3n) is 1.000. The molecule has 0 unspecified atom stereocenters. The first-order chi connectivity index (χ1) is 4.24. The third-order valence-corrected chi connectivity index (χ3v) is 2.09. The highest BCUT2D eigenvalue weighted by molar-refractivity contribution is 9.10. The van der Waals surface area contributed by atoms with Gasteiger partial charge in [-0.1, -0.05) is 11.6 Å². The Bertz CT molecular complexity index is 189. The van der Waals surface area contributed by atoms with E-state index in [9.17, 15) is 0 Å². The van der Waals surface area contributed by atoms with Crippen molar-refractivity contribution in [3.05, 3.63) is 15.8 Å². The molecular weight excluding hydrogens is 203 g/mol.